The fourth-order valence-corrected chi connectivity index (χ4v) is 4.94. The number of fused-ring (bicyclic) bond motifs is 1. The molecule has 1 atom stereocenters. The number of rotatable bonds is 6. The third-order valence-corrected chi connectivity index (χ3v) is 6.79. The number of imidazole rings is 1. The van der Waals surface area contributed by atoms with Gasteiger partial charge in [0.1, 0.15) is 0 Å². The first-order valence-corrected chi connectivity index (χ1v) is 9.46. The van der Waals surface area contributed by atoms with E-state index in [1.54, 1.807) is 17.6 Å². The molecule has 2 heterocycles. The van der Waals surface area contributed by atoms with Crippen LogP contribution in [-0.2, 0) is 10.0 Å². The molecule has 1 fully saturated rings. The summed E-state index contributed by atoms with van der Waals surface area (Å²) in [7, 11) is -1.90. The summed E-state index contributed by atoms with van der Waals surface area (Å²) in [5, 5.41) is 5.16. The predicted octanol–water partition coefficient (Wildman–Crippen LogP) is 2.25. The molecule has 0 spiro atoms. The first-order valence-electron chi connectivity index (χ1n) is 7.14. The van der Waals surface area contributed by atoms with E-state index < -0.39 is 10.0 Å². The average molecular weight is 328 g/mol. The zero-order valence-electron chi connectivity index (χ0n) is 12.4. The van der Waals surface area contributed by atoms with Crippen molar-refractivity contribution >= 4 is 32.1 Å². The SMILES string of the molecule is CCNc1nc2sccn2c1S(=O)(=O)N(C)C(C)C1CC1. The van der Waals surface area contributed by atoms with Gasteiger partial charge in [0.2, 0.25) is 0 Å². The van der Waals surface area contributed by atoms with Crippen molar-refractivity contribution in [1.82, 2.24) is 13.7 Å². The third-order valence-electron chi connectivity index (χ3n) is 4.06. The Balaban J connectivity index is 2.08. The number of aromatic nitrogens is 2. The van der Waals surface area contributed by atoms with Crippen molar-refractivity contribution in [3.63, 3.8) is 0 Å². The minimum atomic E-state index is -3.57. The Bertz CT molecular complexity index is 745. The van der Waals surface area contributed by atoms with Crippen LogP contribution in [0.2, 0.25) is 0 Å². The number of nitrogens with zero attached hydrogens (tertiary/aromatic N) is 3. The maximum Gasteiger partial charge on any atom is 0.262 e. The maximum absolute atomic E-state index is 13.0. The second-order valence-corrected chi connectivity index (χ2v) is 8.24. The van der Waals surface area contributed by atoms with Crippen LogP contribution >= 0.6 is 11.3 Å². The molecule has 1 aliphatic carbocycles. The predicted molar refractivity (Wildman–Crippen MR) is 84.4 cm³/mol. The smallest absolute Gasteiger partial charge is 0.262 e. The van der Waals surface area contributed by atoms with Gasteiger partial charge in [0.05, 0.1) is 0 Å². The number of thiazole rings is 1. The molecular weight excluding hydrogens is 308 g/mol. The van der Waals surface area contributed by atoms with E-state index in [0.717, 1.165) is 12.8 Å². The summed E-state index contributed by atoms with van der Waals surface area (Å²) < 4.78 is 29.2. The zero-order valence-corrected chi connectivity index (χ0v) is 14.0. The van der Waals surface area contributed by atoms with E-state index in [2.05, 4.69) is 10.3 Å². The van der Waals surface area contributed by atoms with Gasteiger partial charge in [0, 0.05) is 31.2 Å². The van der Waals surface area contributed by atoms with Gasteiger partial charge in [-0.2, -0.15) is 4.31 Å². The van der Waals surface area contributed by atoms with Crippen LogP contribution in [0.5, 0.6) is 0 Å². The Morgan fingerprint density at radius 3 is 2.90 bits per heavy atom. The van der Waals surface area contributed by atoms with Gasteiger partial charge in [-0.3, -0.25) is 4.40 Å². The first kappa shape index (κ1) is 14.8. The van der Waals surface area contributed by atoms with E-state index >= 15 is 0 Å². The first-order chi connectivity index (χ1) is 9.96. The van der Waals surface area contributed by atoms with Gasteiger partial charge < -0.3 is 5.32 Å². The second-order valence-electron chi connectivity index (χ2n) is 5.45. The van der Waals surface area contributed by atoms with Crippen molar-refractivity contribution in [3.05, 3.63) is 11.6 Å². The van der Waals surface area contributed by atoms with Crippen molar-refractivity contribution in [3.8, 4) is 0 Å². The van der Waals surface area contributed by atoms with Crippen molar-refractivity contribution in [2.45, 2.75) is 37.8 Å². The normalized spacial score (nSPS) is 17.5. The second kappa shape index (κ2) is 5.26. The number of hydrogen-bond donors (Lipinski definition) is 1. The molecule has 3 rings (SSSR count). The highest BCUT2D eigenvalue weighted by molar-refractivity contribution is 7.89. The van der Waals surface area contributed by atoms with Gasteiger partial charge in [-0.05, 0) is 32.6 Å². The molecule has 2 aromatic heterocycles. The van der Waals surface area contributed by atoms with Crippen LogP contribution in [0.3, 0.4) is 0 Å². The molecule has 1 N–H and O–H groups in total. The van der Waals surface area contributed by atoms with Crippen molar-refractivity contribution in [2.75, 3.05) is 18.9 Å². The van der Waals surface area contributed by atoms with Crippen LogP contribution in [0.25, 0.3) is 4.96 Å². The van der Waals surface area contributed by atoms with E-state index in [0.29, 0.717) is 23.2 Å². The molecular formula is C13H20N4O2S2. The fraction of sp³-hybridized carbons (Fsp3) is 0.615. The molecule has 6 nitrogen and oxygen atoms in total. The molecule has 21 heavy (non-hydrogen) atoms. The van der Waals surface area contributed by atoms with E-state index in [1.807, 2.05) is 19.2 Å². The summed E-state index contributed by atoms with van der Waals surface area (Å²) in [6.07, 6.45) is 3.99. The largest absolute Gasteiger partial charge is 0.368 e. The van der Waals surface area contributed by atoms with Crippen LogP contribution in [0.15, 0.2) is 16.6 Å². The molecule has 0 radical (unpaired) electrons. The van der Waals surface area contributed by atoms with E-state index in [1.165, 1.54) is 15.6 Å². The van der Waals surface area contributed by atoms with Crippen molar-refractivity contribution in [2.24, 2.45) is 5.92 Å². The lowest BCUT2D eigenvalue weighted by Gasteiger charge is -2.24. The molecule has 0 aromatic carbocycles. The summed E-state index contributed by atoms with van der Waals surface area (Å²) in [5.41, 5.74) is 0. The monoisotopic (exact) mass is 328 g/mol. The molecule has 2 aromatic rings. The molecule has 0 saturated heterocycles. The minimum absolute atomic E-state index is 0.0219. The third kappa shape index (κ3) is 2.45. The van der Waals surface area contributed by atoms with Gasteiger partial charge >= 0.3 is 0 Å². The number of nitrogens with one attached hydrogen (secondary N) is 1. The summed E-state index contributed by atoms with van der Waals surface area (Å²) in [5.74, 6) is 0.928. The van der Waals surface area contributed by atoms with E-state index in [9.17, 15) is 8.42 Å². The fourth-order valence-electron chi connectivity index (χ4n) is 2.52. The van der Waals surface area contributed by atoms with Crippen LogP contribution in [-0.4, -0.2) is 41.7 Å². The Hall–Kier alpha value is -1.12. The Labute approximate surface area is 128 Å². The number of sulfonamides is 1. The molecule has 116 valence electrons. The minimum Gasteiger partial charge on any atom is -0.368 e. The van der Waals surface area contributed by atoms with Crippen molar-refractivity contribution < 1.29 is 8.42 Å². The van der Waals surface area contributed by atoms with Gasteiger partial charge in [0.15, 0.2) is 15.8 Å². The van der Waals surface area contributed by atoms with Gasteiger partial charge in [-0.15, -0.1) is 11.3 Å². The zero-order chi connectivity index (χ0) is 15.2. The summed E-state index contributed by atoms with van der Waals surface area (Å²) in [6, 6.07) is 0.0219. The molecule has 1 saturated carbocycles. The lowest BCUT2D eigenvalue weighted by molar-refractivity contribution is 0.355. The van der Waals surface area contributed by atoms with Crippen LogP contribution in [0, 0.1) is 5.92 Å². The van der Waals surface area contributed by atoms with Crippen LogP contribution in [0.4, 0.5) is 5.82 Å². The topological polar surface area (TPSA) is 66.7 Å². The van der Waals surface area contributed by atoms with Crippen LogP contribution < -0.4 is 5.32 Å². The van der Waals surface area contributed by atoms with Crippen LogP contribution in [0.1, 0.15) is 26.7 Å². The maximum atomic E-state index is 13.0. The standard InChI is InChI=1S/C13H20N4O2S2/c1-4-14-11-12(17-7-8-20-13(17)15-11)21(18,19)16(3)9(2)10-5-6-10/h7-10,14H,4-6H2,1-3H3. The summed E-state index contributed by atoms with van der Waals surface area (Å²) in [6.45, 7) is 4.55. The Kier molecular flexibility index (Phi) is 3.71. The molecule has 0 amide bonds. The molecule has 0 bridgehead atoms. The highest BCUT2D eigenvalue weighted by Gasteiger charge is 2.38. The van der Waals surface area contributed by atoms with Gasteiger partial charge in [-0.25, -0.2) is 13.4 Å². The molecule has 1 unspecified atom stereocenters. The lowest BCUT2D eigenvalue weighted by Crippen LogP contribution is -2.37. The van der Waals surface area contributed by atoms with E-state index in [-0.39, 0.29) is 11.1 Å². The Morgan fingerprint density at radius 1 is 1.57 bits per heavy atom. The molecule has 8 heteroatoms. The van der Waals surface area contributed by atoms with Gasteiger partial charge in [0.25, 0.3) is 10.0 Å². The lowest BCUT2D eigenvalue weighted by atomic mass is 10.2. The highest BCUT2D eigenvalue weighted by Crippen LogP contribution is 2.37. The number of hydrogen-bond acceptors (Lipinski definition) is 5. The quantitative estimate of drug-likeness (QED) is 0.883. The molecule has 0 aliphatic heterocycles. The Morgan fingerprint density at radius 2 is 2.29 bits per heavy atom. The highest BCUT2D eigenvalue weighted by atomic mass is 32.2. The van der Waals surface area contributed by atoms with E-state index in [4.69, 9.17) is 0 Å². The summed E-state index contributed by atoms with van der Waals surface area (Å²) >= 11 is 1.43. The molecule has 1 aliphatic rings. The summed E-state index contributed by atoms with van der Waals surface area (Å²) in [4.78, 5) is 5.09. The number of anilines is 1. The van der Waals surface area contributed by atoms with Gasteiger partial charge in [-0.1, -0.05) is 0 Å². The van der Waals surface area contributed by atoms with Crippen molar-refractivity contribution in [1.29, 1.82) is 0 Å². The average Bonchev–Trinajstić information content (AvgIpc) is 3.09.